The molecule has 164 valence electrons. The van der Waals surface area contributed by atoms with Crippen molar-refractivity contribution in [3.05, 3.63) is 47.5 Å². The SMILES string of the molecule is CCCN(CC1CC1)C(=O)c1ccc(-n2nc(-c3nnc(C)o3)cc2C(C)(C)C)cc1. The Hall–Kier alpha value is -2.96. The van der Waals surface area contributed by atoms with Crippen LogP contribution in [0.15, 0.2) is 34.7 Å². The minimum atomic E-state index is -0.142. The fourth-order valence-electron chi connectivity index (χ4n) is 3.70. The number of carbonyl (C=O) groups excluding carboxylic acids is 1. The number of aryl methyl sites for hydroxylation is 1. The van der Waals surface area contributed by atoms with Crippen LogP contribution in [0.1, 0.15) is 68.9 Å². The van der Waals surface area contributed by atoms with Crippen LogP contribution in [0.4, 0.5) is 0 Å². The molecule has 4 rings (SSSR count). The van der Waals surface area contributed by atoms with Gasteiger partial charge in [-0.05, 0) is 55.5 Å². The van der Waals surface area contributed by atoms with Gasteiger partial charge in [-0.15, -0.1) is 10.2 Å². The molecule has 0 spiro atoms. The quantitative estimate of drug-likeness (QED) is 0.548. The highest BCUT2D eigenvalue weighted by Gasteiger charge is 2.27. The van der Waals surface area contributed by atoms with Crippen LogP contribution in [-0.2, 0) is 5.41 Å². The lowest BCUT2D eigenvalue weighted by Crippen LogP contribution is -2.33. The van der Waals surface area contributed by atoms with Gasteiger partial charge < -0.3 is 9.32 Å². The van der Waals surface area contributed by atoms with Gasteiger partial charge in [0, 0.05) is 31.0 Å². The largest absolute Gasteiger partial charge is 0.420 e. The van der Waals surface area contributed by atoms with Crippen LogP contribution in [0.3, 0.4) is 0 Å². The van der Waals surface area contributed by atoms with E-state index in [9.17, 15) is 4.79 Å². The Labute approximate surface area is 183 Å². The monoisotopic (exact) mass is 421 g/mol. The van der Waals surface area contributed by atoms with E-state index in [1.165, 1.54) is 12.8 Å². The van der Waals surface area contributed by atoms with Crippen LogP contribution in [0.5, 0.6) is 0 Å². The number of carbonyl (C=O) groups is 1. The molecule has 0 saturated heterocycles. The van der Waals surface area contributed by atoms with Crippen molar-refractivity contribution in [3.8, 4) is 17.3 Å². The molecular formula is C24H31N5O2. The molecule has 2 heterocycles. The molecular weight excluding hydrogens is 390 g/mol. The standard InChI is InChI=1S/C24H31N5O2/c1-6-13-28(15-17-7-8-17)23(30)18-9-11-19(12-10-18)29-21(24(3,4)5)14-20(27-29)22-26-25-16(2)31-22/h9-12,14,17H,6-8,13,15H2,1-5H3. The lowest BCUT2D eigenvalue weighted by atomic mass is 9.91. The van der Waals surface area contributed by atoms with Crippen molar-refractivity contribution in [1.29, 1.82) is 0 Å². The van der Waals surface area contributed by atoms with E-state index in [4.69, 9.17) is 9.52 Å². The molecule has 1 aromatic carbocycles. The Bertz CT molecular complexity index is 1050. The van der Waals surface area contributed by atoms with Crippen LogP contribution in [0, 0.1) is 12.8 Å². The average molecular weight is 422 g/mol. The molecule has 1 aliphatic rings. The van der Waals surface area contributed by atoms with Crippen molar-refractivity contribution in [2.45, 2.75) is 59.3 Å². The van der Waals surface area contributed by atoms with E-state index in [0.717, 1.165) is 36.5 Å². The lowest BCUT2D eigenvalue weighted by Gasteiger charge is -2.23. The third kappa shape index (κ3) is 4.70. The number of rotatable bonds is 7. The smallest absolute Gasteiger partial charge is 0.268 e. The highest BCUT2D eigenvalue weighted by molar-refractivity contribution is 5.94. The second-order valence-corrected chi connectivity index (χ2v) is 9.44. The average Bonchev–Trinajstić information content (AvgIpc) is 3.25. The number of benzene rings is 1. The highest BCUT2D eigenvalue weighted by Crippen LogP contribution is 2.31. The fourth-order valence-corrected chi connectivity index (χ4v) is 3.70. The van der Waals surface area contributed by atoms with E-state index in [1.807, 2.05) is 39.9 Å². The summed E-state index contributed by atoms with van der Waals surface area (Å²) >= 11 is 0. The van der Waals surface area contributed by atoms with E-state index in [-0.39, 0.29) is 11.3 Å². The first-order chi connectivity index (χ1) is 14.8. The van der Waals surface area contributed by atoms with Crippen molar-refractivity contribution in [3.63, 3.8) is 0 Å². The first-order valence-corrected chi connectivity index (χ1v) is 11.1. The van der Waals surface area contributed by atoms with E-state index in [0.29, 0.717) is 23.4 Å². The molecule has 0 N–H and O–H groups in total. The third-order valence-corrected chi connectivity index (χ3v) is 5.54. The third-order valence-electron chi connectivity index (χ3n) is 5.54. The summed E-state index contributed by atoms with van der Waals surface area (Å²) in [6.45, 7) is 12.0. The summed E-state index contributed by atoms with van der Waals surface area (Å²) in [5, 5.41) is 12.8. The highest BCUT2D eigenvalue weighted by atomic mass is 16.4. The molecule has 7 heteroatoms. The summed E-state index contributed by atoms with van der Waals surface area (Å²) in [6, 6.07) is 9.71. The van der Waals surface area contributed by atoms with Crippen molar-refractivity contribution in [1.82, 2.24) is 24.9 Å². The number of hydrogen-bond acceptors (Lipinski definition) is 5. The number of nitrogens with zero attached hydrogens (tertiary/aromatic N) is 5. The Kier molecular flexibility index (Phi) is 5.69. The molecule has 3 aromatic rings. The second-order valence-electron chi connectivity index (χ2n) is 9.44. The molecule has 0 atom stereocenters. The number of aromatic nitrogens is 4. The van der Waals surface area contributed by atoms with Gasteiger partial charge in [0.05, 0.1) is 11.4 Å². The van der Waals surface area contributed by atoms with E-state index >= 15 is 0 Å². The van der Waals surface area contributed by atoms with E-state index < -0.39 is 0 Å². The summed E-state index contributed by atoms with van der Waals surface area (Å²) in [6.07, 6.45) is 3.45. The minimum Gasteiger partial charge on any atom is -0.420 e. The van der Waals surface area contributed by atoms with Gasteiger partial charge in [-0.3, -0.25) is 4.79 Å². The normalized spacial score (nSPS) is 14.1. The summed E-state index contributed by atoms with van der Waals surface area (Å²) < 4.78 is 7.47. The first-order valence-electron chi connectivity index (χ1n) is 11.1. The number of hydrogen-bond donors (Lipinski definition) is 0. The molecule has 0 radical (unpaired) electrons. The Morgan fingerprint density at radius 2 is 1.90 bits per heavy atom. The van der Waals surface area contributed by atoms with Gasteiger partial charge in [0.1, 0.15) is 5.69 Å². The molecule has 0 unspecified atom stereocenters. The van der Waals surface area contributed by atoms with E-state index in [2.05, 4.69) is 37.9 Å². The Balaban J connectivity index is 1.63. The van der Waals surface area contributed by atoms with Crippen LogP contribution in [-0.4, -0.2) is 43.9 Å². The van der Waals surface area contributed by atoms with Crippen LogP contribution < -0.4 is 0 Å². The van der Waals surface area contributed by atoms with Crippen molar-refractivity contribution < 1.29 is 9.21 Å². The zero-order chi connectivity index (χ0) is 22.2. The molecule has 31 heavy (non-hydrogen) atoms. The second kappa shape index (κ2) is 8.29. The van der Waals surface area contributed by atoms with Crippen LogP contribution in [0.2, 0.25) is 0 Å². The fraction of sp³-hybridized carbons (Fsp3) is 0.500. The Morgan fingerprint density at radius 1 is 1.19 bits per heavy atom. The molecule has 1 saturated carbocycles. The predicted octanol–water partition coefficient (Wildman–Crippen LogP) is 4.79. The molecule has 1 amide bonds. The maximum Gasteiger partial charge on any atom is 0.268 e. The maximum atomic E-state index is 13.0. The van der Waals surface area contributed by atoms with Crippen LogP contribution >= 0.6 is 0 Å². The van der Waals surface area contributed by atoms with Crippen LogP contribution in [0.25, 0.3) is 17.3 Å². The van der Waals surface area contributed by atoms with Gasteiger partial charge in [-0.25, -0.2) is 4.68 Å². The molecule has 7 nitrogen and oxygen atoms in total. The zero-order valence-corrected chi connectivity index (χ0v) is 19.1. The summed E-state index contributed by atoms with van der Waals surface area (Å²) in [5.74, 6) is 1.70. The number of amides is 1. The lowest BCUT2D eigenvalue weighted by molar-refractivity contribution is 0.0747. The van der Waals surface area contributed by atoms with Crippen molar-refractivity contribution in [2.75, 3.05) is 13.1 Å². The summed E-state index contributed by atoms with van der Waals surface area (Å²) in [5.41, 5.74) is 3.14. The van der Waals surface area contributed by atoms with Crippen molar-refractivity contribution in [2.24, 2.45) is 5.92 Å². The van der Waals surface area contributed by atoms with Gasteiger partial charge in [-0.2, -0.15) is 5.10 Å². The summed E-state index contributed by atoms with van der Waals surface area (Å²) in [4.78, 5) is 15.0. The van der Waals surface area contributed by atoms with Gasteiger partial charge in [0.25, 0.3) is 11.8 Å². The maximum absolute atomic E-state index is 13.0. The molecule has 0 aliphatic heterocycles. The van der Waals surface area contributed by atoms with Gasteiger partial charge >= 0.3 is 0 Å². The molecule has 1 fully saturated rings. The van der Waals surface area contributed by atoms with Gasteiger partial charge in [-0.1, -0.05) is 27.7 Å². The topological polar surface area (TPSA) is 77.1 Å². The minimum absolute atomic E-state index is 0.110. The zero-order valence-electron chi connectivity index (χ0n) is 19.1. The first kappa shape index (κ1) is 21.3. The molecule has 0 bridgehead atoms. The predicted molar refractivity (Wildman–Crippen MR) is 119 cm³/mol. The summed E-state index contributed by atoms with van der Waals surface area (Å²) in [7, 11) is 0. The van der Waals surface area contributed by atoms with Gasteiger partial charge in [0.2, 0.25) is 5.89 Å². The van der Waals surface area contributed by atoms with E-state index in [1.54, 1.807) is 6.92 Å². The van der Waals surface area contributed by atoms with Gasteiger partial charge in [0.15, 0.2) is 0 Å². The van der Waals surface area contributed by atoms with Crippen molar-refractivity contribution >= 4 is 5.91 Å². The molecule has 2 aromatic heterocycles. The molecule has 1 aliphatic carbocycles. The Morgan fingerprint density at radius 3 is 2.45 bits per heavy atom.